The van der Waals surface area contributed by atoms with E-state index in [0.717, 1.165) is 0 Å². The number of hydrogen-bond acceptors (Lipinski definition) is 3. The average Bonchev–Trinajstić information content (AvgIpc) is 1.98. The lowest BCUT2D eigenvalue weighted by molar-refractivity contribution is -0.0837. The zero-order chi connectivity index (χ0) is 9.62. The number of hydrogen-bond donors (Lipinski definition) is 2. The van der Waals surface area contributed by atoms with E-state index in [-0.39, 0.29) is 12.2 Å². The van der Waals surface area contributed by atoms with Crippen molar-refractivity contribution in [2.75, 3.05) is 6.61 Å². The number of rotatable bonds is 1. The van der Waals surface area contributed by atoms with E-state index in [2.05, 4.69) is 0 Å². The van der Waals surface area contributed by atoms with Gasteiger partial charge in [-0.2, -0.15) is 0 Å². The van der Waals surface area contributed by atoms with Crippen LogP contribution in [0.3, 0.4) is 0 Å². The van der Waals surface area contributed by atoms with Crippen LogP contribution in [-0.2, 0) is 4.74 Å². The highest BCUT2D eigenvalue weighted by Crippen LogP contribution is 2.42. The van der Waals surface area contributed by atoms with E-state index in [1.54, 1.807) is 0 Å². The maximum absolute atomic E-state index is 9.19. The van der Waals surface area contributed by atoms with Crippen LogP contribution in [0.5, 0.6) is 0 Å². The Labute approximate surface area is 73.9 Å². The van der Waals surface area contributed by atoms with Crippen molar-refractivity contribution in [1.29, 1.82) is 0 Å². The zero-order valence-electron chi connectivity index (χ0n) is 8.35. The minimum absolute atomic E-state index is 0.0244. The first-order valence-electron chi connectivity index (χ1n) is 4.32. The fourth-order valence-corrected chi connectivity index (χ4v) is 2.05. The van der Waals surface area contributed by atoms with E-state index >= 15 is 0 Å². The van der Waals surface area contributed by atoms with Gasteiger partial charge in [-0.3, -0.25) is 0 Å². The summed E-state index contributed by atoms with van der Waals surface area (Å²) in [5.74, 6) is 0. The van der Waals surface area contributed by atoms with Crippen molar-refractivity contribution >= 4 is 0 Å². The van der Waals surface area contributed by atoms with E-state index in [9.17, 15) is 5.11 Å². The van der Waals surface area contributed by atoms with Gasteiger partial charge in [-0.05, 0) is 34.1 Å². The van der Waals surface area contributed by atoms with Gasteiger partial charge >= 0.3 is 0 Å². The number of nitrogens with two attached hydrogens (primary N) is 1. The SMILES string of the molecule is CC1(C)CC(N)(CO)C(C)(C)O1. The van der Waals surface area contributed by atoms with Gasteiger partial charge in [0.1, 0.15) is 0 Å². The minimum Gasteiger partial charge on any atom is -0.394 e. The van der Waals surface area contributed by atoms with Crippen molar-refractivity contribution in [2.24, 2.45) is 5.73 Å². The second kappa shape index (κ2) is 2.44. The molecule has 3 heteroatoms. The summed E-state index contributed by atoms with van der Waals surface area (Å²) in [7, 11) is 0. The Kier molecular flexibility index (Phi) is 2.02. The van der Waals surface area contributed by atoms with E-state index in [4.69, 9.17) is 10.5 Å². The monoisotopic (exact) mass is 173 g/mol. The molecule has 0 aromatic rings. The molecule has 0 amide bonds. The summed E-state index contributed by atoms with van der Waals surface area (Å²) in [4.78, 5) is 0. The van der Waals surface area contributed by atoms with Gasteiger partial charge in [-0.25, -0.2) is 0 Å². The molecule has 0 bridgehead atoms. The number of aliphatic hydroxyl groups excluding tert-OH is 1. The molecule has 0 aromatic heterocycles. The summed E-state index contributed by atoms with van der Waals surface area (Å²) in [6.45, 7) is 7.83. The Bertz CT molecular complexity index is 189. The molecule has 1 heterocycles. The van der Waals surface area contributed by atoms with Crippen LogP contribution in [0.1, 0.15) is 34.1 Å². The van der Waals surface area contributed by atoms with Gasteiger partial charge < -0.3 is 15.6 Å². The van der Waals surface area contributed by atoms with Crippen LogP contribution in [0, 0.1) is 0 Å². The van der Waals surface area contributed by atoms with Crippen molar-refractivity contribution in [2.45, 2.75) is 50.9 Å². The Morgan fingerprint density at radius 1 is 1.33 bits per heavy atom. The van der Waals surface area contributed by atoms with Gasteiger partial charge in [0.25, 0.3) is 0 Å². The van der Waals surface area contributed by atoms with Crippen LogP contribution in [0.2, 0.25) is 0 Å². The van der Waals surface area contributed by atoms with Crippen LogP contribution in [-0.4, -0.2) is 28.5 Å². The molecule has 1 fully saturated rings. The summed E-state index contributed by atoms with van der Waals surface area (Å²) in [5, 5.41) is 9.19. The maximum atomic E-state index is 9.19. The molecule has 0 spiro atoms. The second-order valence-electron chi connectivity index (χ2n) is 4.86. The summed E-state index contributed by atoms with van der Waals surface area (Å²) >= 11 is 0. The first-order chi connectivity index (χ1) is 5.22. The molecule has 1 saturated heterocycles. The Morgan fingerprint density at radius 3 is 2.00 bits per heavy atom. The highest BCUT2D eigenvalue weighted by Gasteiger charge is 2.54. The van der Waals surface area contributed by atoms with Crippen LogP contribution in [0.4, 0.5) is 0 Å². The van der Waals surface area contributed by atoms with Crippen molar-refractivity contribution in [1.82, 2.24) is 0 Å². The number of ether oxygens (including phenoxy) is 1. The van der Waals surface area contributed by atoms with E-state index in [1.807, 2.05) is 27.7 Å². The predicted molar refractivity (Wildman–Crippen MR) is 47.9 cm³/mol. The predicted octanol–water partition coefficient (Wildman–Crippen LogP) is 0.654. The lowest BCUT2D eigenvalue weighted by atomic mass is 9.81. The van der Waals surface area contributed by atoms with Crippen molar-refractivity contribution in [3.63, 3.8) is 0 Å². The lowest BCUT2D eigenvalue weighted by Gasteiger charge is -2.34. The first-order valence-corrected chi connectivity index (χ1v) is 4.32. The van der Waals surface area contributed by atoms with Gasteiger partial charge in [0, 0.05) is 0 Å². The second-order valence-corrected chi connectivity index (χ2v) is 4.86. The van der Waals surface area contributed by atoms with Crippen molar-refractivity contribution < 1.29 is 9.84 Å². The molecule has 1 aliphatic heterocycles. The molecule has 0 saturated carbocycles. The molecule has 3 N–H and O–H groups in total. The summed E-state index contributed by atoms with van der Waals surface area (Å²) in [6.07, 6.45) is 0.698. The molecule has 3 nitrogen and oxygen atoms in total. The minimum atomic E-state index is -0.601. The lowest BCUT2D eigenvalue weighted by Crippen LogP contribution is -2.56. The van der Waals surface area contributed by atoms with Crippen LogP contribution in [0.15, 0.2) is 0 Å². The fourth-order valence-electron chi connectivity index (χ4n) is 2.05. The largest absolute Gasteiger partial charge is 0.394 e. The third-order valence-electron chi connectivity index (χ3n) is 2.75. The van der Waals surface area contributed by atoms with E-state index < -0.39 is 11.1 Å². The van der Waals surface area contributed by atoms with Crippen molar-refractivity contribution in [3.05, 3.63) is 0 Å². The van der Waals surface area contributed by atoms with Gasteiger partial charge in [0.2, 0.25) is 0 Å². The van der Waals surface area contributed by atoms with E-state index in [1.165, 1.54) is 0 Å². The molecule has 0 aromatic carbocycles. The summed E-state index contributed by atoms with van der Waals surface area (Å²) in [5.41, 5.74) is 4.78. The van der Waals surface area contributed by atoms with Crippen molar-refractivity contribution in [3.8, 4) is 0 Å². The summed E-state index contributed by atoms with van der Waals surface area (Å²) < 4.78 is 5.76. The molecule has 72 valence electrons. The van der Waals surface area contributed by atoms with Gasteiger partial charge in [-0.15, -0.1) is 0 Å². The molecule has 1 atom stereocenters. The first kappa shape index (κ1) is 9.96. The smallest absolute Gasteiger partial charge is 0.0835 e. The fraction of sp³-hybridized carbons (Fsp3) is 1.00. The molecular formula is C9H19NO2. The Morgan fingerprint density at radius 2 is 1.83 bits per heavy atom. The Balaban J connectivity index is 2.92. The standard InChI is InChI=1S/C9H19NO2/c1-7(2)5-9(10,6-11)8(3,4)12-7/h11H,5-6,10H2,1-4H3. The topological polar surface area (TPSA) is 55.5 Å². The molecule has 12 heavy (non-hydrogen) atoms. The zero-order valence-corrected chi connectivity index (χ0v) is 8.35. The highest BCUT2D eigenvalue weighted by molar-refractivity contribution is 5.09. The maximum Gasteiger partial charge on any atom is 0.0835 e. The third-order valence-corrected chi connectivity index (χ3v) is 2.75. The van der Waals surface area contributed by atoms with Gasteiger partial charge in [-0.1, -0.05) is 0 Å². The highest BCUT2D eigenvalue weighted by atomic mass is 16.5. The average molecular weight is 173 g/mol. The molecule has 1 unspecified atom stereocenters. The molecule has 1 rings (SSSR count). The quantitative estimate of drug-likeness (QED) is 0.612. The molecule has 0 radical (unpaired) electrons. The van der Waals surface area contributed by atoms with Gasteiger partial charge in [0.15, 0.2) is 0 Å². The molecule has 0 aliphatic carbocycles. The third kappa shape index (κ3) is 1.37. The van der Waals surface area contributed by atoms with E-state index in [0.29, 0.717) is 6.42 Å². The van der Waals surface area contributed by atoms with Crippen LogP contribution >= 0.6 is 0 Å². The molecular weight excluding hydrogens is 154 g/mol. The van der Waals surface area contributed by atoms with Gasteiger partial charge in [0.05, 0.1) is 23.3 Å². The van der Waals surface area contributed by atoms with Crippen LogP contribution in [0.25, 0.3) is 0 Å². The van der Waals surface area contributed by atoms with Crippen LogP contribution < -0.4 is 5.73 Å². The molecule has 1 aliphatic rings. The Hall–Kier alpha value is -0.120. The number of aliphatic hydroxyl groups is 1. The summed E-state index contributed by atoms with van der Waals surface area (Å²) in [6, 6.07) is 0. The normalized spacial score (nSPS) is 38.5.